The molecule has 0 fully saturated rings. The van der Waals surface area contributed by atoms with Crippen LogP contribution in [0.3, 0.4) is 0 Å². The third-order valence-electron chi connectivity index (χ3n) is 12.0. The molecule has 4 heteroatoms. The molecule has 2 aromatic heterocycles. The lowest BCUT2D eigenvalue weighted by Crippen LogP contribution is -2.16. The molecular weight excluding hydrogens is 685 g/mol. The van der Waals surface area contributed by atoms with E-state index in [1.54, 1.807) is 7.11 Å². The minimum absolute atomic E-state index is 0.0349. The van der Waals surface area contributed by atoms with Gasteiger partial charge in [0, 0.05) is 27.3 Å². The standard InChI is InChI=1S/C52H36N2O2/c1-52(2)45-29-41-37-23-22-34(56-3)26-39(37)35-18-10-11-19-36(35)40(41)27-42(45)43-28-44-50(30-46(43)52)54(49-21-13-12-20-38(49)51(44)55)33-24-47(31-14-6-4-7-15-31)53-48(25-33)32-16-8-5-9-17-32/h4-30H,1-3H3. The highest BCUT2D eigenvalue weighted by Crippen LogP contribution is 2.52. The van der Waals surface area contributed by atoms with Crippen molar-refractivity contribution in [1.29, 1.82) is 0 Å². The average molecular weight is 721 g/mol. The second-order valence-corrected chi connectivity index (χ2v) is 15.4. The molecule has 0 saturated carbocycles. The Balaban J connectivity index is 1.23. The van der Waals surface area contributed by atoms with Crippen LogP contribution in [0.5, 0.6) is 5.75 Å². The lowest BCUT2D eigenvalue weighted by Gasteiger charge is -2.24. The highest BCUT2D eigenvalue weighted by Gasteiger charge is 2.37. The normalized spacial score (nSPS) is 13.1. The van der Waals surface area contributed by atoms with Gasteiger partial charge in [-0.05, 0) is 115 Å². The number of aromatic nitrogens is 2. The maximum Gasteiger partial charge on any atom is 0.197 e. The summed E-state index contributed by atoms with van der Waals surface area (Å²) in [5.74, 6) is 0.845. The van der Waals surface area contributed by atoms with Crippen LogP contribution in [-0.4, -0.2) is 16.7 Å². The molecule has 0 unspecified atom stereocenters. The Hall–Kier alpha value is -7.04. The van der Waals surface area contributed by atoms with Gasteiger partial charge in [-0.3, -0.25) is 4.79 Å². The summed E-state index contributed by atoms with van der Waals surface area (Å²) in [5.41, 5.74) is 10.9. The number of para-hydroxylation sites is 1. The van der Waals surface area contributed by atoms with Crippen molar-refractivity contribution >= 4 is 54.1 Å². The first kappa shape index (κ1) is 32.4. The molecule has 1 aliphatic carbocycles. The van der Waals surface area contributed by atoms with Crippen LogP contribution in [0.1, 0.15) is 25.0 Å². The predicted molar refractivity (Wildman–Crippen MR) is 232 cm³/mol. The molecule has 1 aliphatic rings. The summed E-state index contributed by atoms with van der Waals surface area (Å²) < 4.78 is 7.95. The van der Waals surface area contributed by atoms with Crippen molar-refractivity contribution in [3.63, 3.8) is 0 Å². The van der Waals surface area contributed by atoms with Crippen molar-refractivity contribution < 1.29 is 4.74 Å². The predicted octanol–water partition coefficient (Wildman–Crippen LogP) is 12.6. The summed E-state index contributed by atoms with van der Waals surface area (Å²) in [6.45, 7) is 4.64. The van der Waals surface area contributed by atoms with Crippen LogP contribution >= 0.6 is 0 Å². The van der Waals surface area contributed by atoms with Crippen LogP contribution in [-0.2, 0) is 5.41 Å². The first-order valence-electron chi connectivity index (χ1n) is 19.1. The molecule has 4 nitrogen and oxygen atoms in total. The van der Waals surface area contributed by atoms with Crippen molar-refractivity contribution in [2.75, 3.05) is 7.11 Å². The number of hydrogen-bond acceptors (Lipinski definition) is 3. The van der Waals surface area contributed by atoms with E-state index in [2.05, 4.69) is 128 Å². The summed E-state index contributed by atoms with van der Waals surface area (Å²) >= 11 is 0. The Labute approximate surface area is 323 Å². The highest BCUT2D eigenvalue weighted by atomic mass is 16.5. The van der Waals surface area contributed by atoms with E-state index < -0.39 is 0 Å². The Bertz CT molecular complexity index is 3270. The summed E-state index contributed by atoms with van der Waals surface area (Å²) in [6.07, 6.45) is 0. The highest BCUT2D eigenvalue weighted by molar-refractivity contribution is 6.26. The van der Waals surface area contributed by atoms with Crippen LogP contribution in [0, 0.1) is 0 Å². The number of rotatable bonds is 4. The van der Waals surface area contributed by atoms with E-state index in [9.17, 15) is 4.79 Å². The molecule has 0 spiro atoms. The zero-order valence-electron chi connectivity index (χ0n) is 31.3. The van der Waals surface area contributed by atoms with E-state index in [4.69, 9.17) is 9.72 Å². The largest absolute Gasteiger partial charge is 0.497 e. The quantitative estimate of drug-likeness (QED) is 0.134. The molecule has 0 aliphatic heterocycles. The Kier molecular flexibility index (Phi) is 6.93. The number of hydrogen-bond donors (Lipinski definition) is 0. The molecule has 10 aromatic rings. The molecule has 0 atom stereocenters. The van der Waals surface area contributed by atoms with E-state index in [0.29, 0.717) is 10.8 Å². The third-order valence-corrected chi connectivity index (χ3v) is 12.0. The fourth-order valence-electron chi connectivity index (χ4n) is 9.26. The number of fused-ring (bicyclic) bond motifs is 11. The monoisotopic (exact) mass is 720 g/mol. The van der Waals surface area contributed by atoms with Gasteiger partial charge in [-0.2, -0.15) is 0 Å². The van der Waals surface area contributed by atoms with E-state index in [1.165, 1.54) is 49.0 Å². The topological polar surface area (TPSA) is 44.1 Å². The number of benzene rings is 8. The second kappa shape index (κ2) is 12.0. The van der Waals surface area contributed by atoms with Crippen molar-refractivity contribution in [1.82, 2.24) is 9.55 Å². The second-order valence-electron chi connectivity index (χ2n) is 15.4. The molecule has 56 heavy (non-hydrogen) atoms. The minimum Gasteiger partial charge on any atom is -0.497 e. The number of methoxy groups -OCH3 is 1. The summed E-state index contributed by atoms with van der Waals surface area (Å²) in [7, 11) is 1.72. The fourth-order valence-corrected chi connectivity index (χ4v) is 9.26. The van der Waals surface area contributed by atoms with Gasteiger partial charge in [0.05, 0.1) is 35.2 Å². The van der Waals surface area contributed by atoms with Gasteiger partial charge in [-0.1, -0.05) is 117 Å². The fraction of sp³-hybridized carbons (Fsp3) is 0.0769. The van der Waals surface area contributed by atoms with E-state index >= 15 is 0 Å². The first-order chi connectivity index (χ1) is 27.4. The van der Waals surface area contributed by atoms with Gasteiger partial charge < -0.3 is 9.30 Å². The zero-order chi connectivity index (χ0) is 37.7. The number of nitrogens with zero attached hydrogens (tertiary/aromatic N) is 2. The maximum atomic E-state index is 14.7. The number of pyridine rings is 2. The lowest BCUT2D eigenvalue weighted by atomic mass is 9.81. The van der Waals surface area contributed by atoms with Crippen LogP contribution in [0.25, 0.3) is 93.5 Å². The van der Waals surface area contributed by atoms with Gasteiger partial charge in [0.15, 0.2) is 5.43 Å². The third kappa shape index (κ3) is 4.66. The average Bonchev–Trinajstić information content (AvgIpc) is 3.47. The van der Waals surface area contributed by atoms with E-state index in [-0.39, 0.29) is 10.8 Å². The van der Waals surface area contributed by atoms with Gasteiger partial charge in [0.2, 0.25) is 0 Å². The Morgan fingerprint density at radius 3 is 1.64 bits per heavy atom. The van der Waals surface area contributed by atoms with Crippen LogP contribution in [0.4, 0.5) is 0 Å². The van der Waals surface area contributed by atoms with E-state index in [1.807, 2.05) is 54.6 Å². The summed E-state index contributed by atoms with van der Waals surface area (Å²) in [5, 5.41) is 8.58. The minimum atomic E-state index is -0.341. The van der Waals surface area contributed by atoms with Crippen molar-refractivity contribution in [3.8, 4) is 45.1 Å². The molecule has 0 radical (unpaired) electrons. The molecule has 266 valence electrons. The van der Waals surface area contributed by atoms with Gasteiger partial charge in [-0.15, -0.1) is 0 Å². The number of ether oxygens (including phenoxy) is 1. The molecular formula is C52H36N2O2. The lowest BCUT2D eigenvalue weighted by molar-refractivity contribution is 0.415. The molecule has 0 saturated heterocycles. The van der Waals surface area contributed by atoms with Crippen molar-refractivity contribution in [2.45, 2.75) is 19.3 Å². The van der Waals surface area contributed by atoms with Crippen molar-refractivity contribution in [3.05, 3.63) is 185 Å². The van der Waals surface area contributed by atoms with Gasteiger partial charge in [0.25, 0.3) is 0 Å². The first-order valence-corrected chi connectivity index (χ1v) is 19.1. The van der Waals surface area contributed by atoms with Crippen LogP contribution < -0.4 is 10.2 Å². The Morgan fingerprint density at radius 2 is 1.00 bits per heavy atom. The molecule has 11 rings (SSSR count). The molecule has 0 N–H and O–H groups in total. The van der Waals surface area contributed by atoms with Crippen LogP contribution in [0.15, 0.2) is 169 Å². The maximum absolute atomic E-state index is 14.7. The van der Waals surface area contributed by atoms with Gasteiger partial charge >= 0.3 is 0 Å². The summed E-state index contributed by atoms with van der Waals surface area (Å²) in [6, 6.07) is 57.2. The molecule has 0 amide bonds. The van der Waals surface area contributed by atoms with Crippen LogP contribution in [0.2, 0.25) is 0 Å². The van der Waals surface area contributed by atoms with Gasteiger partial charge in [-0.25, -0.2) is 4.98 Å². The van der Waals surface area contributed by atoms with Crippen molar-refractivity contribution in [2.24, 2.45) is 0 Å². The molecule has 0 bridgehead atoms. The van der Waals surface area contributed by atoms with E-state index in [0.717, 1.165) is 50.5 Å². The molecule has 2 heterocycles. The smallest absolute Gasteiger partial charge is 0.197 e. The Morgan fingerprint density at radius 1 is 0.482 bits per heavy atom. The van der Waals surface area contributed by atoms with Gasteiger partial charge in [0.1, 0.15) is 5.75 Å². The summed E-state index contributed by atoms with van der Waals surface area (Å²) in [4.78, 5) is 19.9. The SMILES string of the molecule is COc1ccc2c(c1)c1ccccc1c1cc3c(cc21)C(C)(C)c1cc2c(cc1-3)c(=O)c1ccccc1n2-c1cc(-c2ccccc2)nc(-c2ccccc2)c1. The zero-order valence-corrected chi connectivity index (χ0v) is 31.3. The molecule has 8 aromatic carbocycles.